The van der Waals surface area contributed by atoms with Gasteiger partial charge in [-0.05, 0) is 169 Å². The highest BCUT2D eigenvalue weighted by molar-refractivity contribution is 6.26. The van der Waals surface area contributed by atoms with E-state index in [0.29, 0.717) is 62.1 Å². The number of aromatic nitrogens is 5. The van der Waals surface area contributed by atoms with E-state index >= 15 is 0 Å². The van der Waals surface area contributed by atoms with Crippen LogP contribution in [0.5, 0.6) is 0 Å². The van der Waals surface area contributed by atoms with Crippen molar-refractivity contribution >= 4 is 43.6 Å². The van der Waals surface area contributed by atoms with Crippen molar-refractivity contribution in [1.29, 1.82) is 0 Å². The Morgan fingerprint density at radius 2 is 0.627 bits per heavy atom. The number of para-hydroxylation sites is 2. The van der Waals surface area contributed by atoms with Crippen molar-refractivity contribution in [2.75, 3.05) is 0 Å². The third kappa shape index (κ3) is 10.4. The van der Waals surface area contributed by atoms with Crippen LogP contribution in [0.2, 0.25) is 0 Å². The largest absolute Gasteiger partial charge is 0.309 e. The predicted molar refractivity (Wildman–Crippen MR) is 421 cm³/mol. The lowest BCUT2D eigenvalue weighted by Crippen LogP contribution is -2.06. The van der Waals surface area contributed by atoms with Crippen LogP contribution in [-0.2, 0) is 0 Å². The number of benzene rings is 13. The quantitative estimate of drug-likeness (QED) is 0.121. The Bertz CT molecular complexity index is 6300. The maximum Gasteiger partial charge on any atom is 0.238 e. The molecule has 0 fully saturated rings. The molecule has 5 nitrogen and oxygen atoms in total. The molecule has 16 rings (SSSR count). The van der Waals surface area contributed by atoms with Crippen molar-refractivity contribution in [3.05, 3.63) is 317 Å². The van der Waals surface area contributed by atoms with Gasteiger partial charge in [0, 0.05) is 82.9 Å². The number of hydrogen-bond donors (Lipinski definition) is 0. The molecule has 3 aromatic heterocycles. The first kappa shape index (κ1) is 61.8. The Kier molecular flexibility index (Phi) is 15.7. The van der Waals surface area contributed by atoms with Gasteiger partial charge in [0.05, 0.1) is 22.1 Å². The van der Waals surface area contributed by atoms with Gasteiger partial charge in [-0.1, -0.05) is 229 Å². The monoisotopic (exact) mass is 1290 g/mol. The van der Waals surface area contributed by atoms with E-state index in [-0.39, 0.29) is 0 Å². The maximum atomic E-state index is 6.43. The summed E-state index contributed by atoms with van der Waals surface area (Å²) in [7, 11) is 0. The Hall–Kier alpha value is -15.1. The summed E-state index contributed by atoms with van der Waals surface area (Å²) >= 11 is 0. The molecule has 0 amide bonds. The molecule has 0 aliphatic rings. The number of terminal acetylenes is 8. The predicted octanol–water partition coefficient (Wildman–Crippen LogP) is 20.9. The molecular formula is C97H53N5. The van der Waals surface area contributed by atoms with Crippen LogP contribution in [0.4, 0.5) is 0 Å². The van der Waals surface area contributed by atoms with Crippen molar-refractivity contribution in [3.63, 3.8) is 0 Å². The maximum absolute atomic E-state index is 6.43. The molecule has 0 atom stereocenters. The number of rotatable bonds is 11. The molecule has 0 saturated heterocycles. The summed E-state index contributed by atoms with van der Waals surface area (Å²) in [4.78, 5) is 16.0. The second-order valence-corrected chi connectivity index (χ2v) is 24.5. The minimum atomic E-state index is 0.463. The van der Waals surface area contributed by atoms with Crippen LogP contribution in [0.1, 0.15) is 44.5 Å². The van der Waals surface area contributed by atoms with E-state index in [0.717, 1.165) is 138 Å². The summed E-state index contributed by atoms with van der Waals surface area (Å²) < 4.78 is 4.56. The van der Waals surface area contributed by atoms with Crippen LogP contribution >= 0.6 is 0 Å². The Morgan fingerprint density at radius 3 is 1.08 bits per heavy atom. The molecule has 16 aromatic rings. The van der Waals surface area contributed by atoms with Crippen LogP contribution in [-0.4, -0.2) is 24.1 Å². The number of nitrogens with zero attached hydrogens (tertiary/aromatic N) is 5. The molecule has 0 aliphatic heterocycles. The standard InChI is InChI=1S/C97H53N5/c1-9-62-36-28-43-79(75(62)13-5)83-51-48-68(59-87(83)81-45-30-38-64(11-3)77(81)15-7)71-56-72(69-49-52-84(80-44-29-37-63(10-2)76(80)14-6)88(60-69)82-46-31-39-65(12-4)78(82)16-8)58-73(57-71)70-50-54-91-89(61-70)85-53-55-92-93(86-42-26-27-47-90(86)101(92)74-40-24-19-25-41-74)94(85)102(91)97-99-95(66-32-20-17-21-33-66)98-96(100-97)67-34-22-18-23-35-67/h1-8,17-61H. The molecule has 0 aliphatic carbocycles. The lowest BCUT2D eigenvalue weighted by molar-refractivity contribution is 0.955. The molecule has 13 aromatic carbocycles. The third-order valence-corrected chi connectivity index (χ3v) is 19.1. The van der Waals surface area contributed by atoms with Crippen molar-refractivity contribution in [3.8, 4) is 211 Å². The minimum Gasteiger partial charge on any atom is -0.309 e. The van der Waals surface area contributed by atoms with Gasteiger partial charge < -0.3 is 4.57 Å². The lowest BCUT2D eigenvalue weighted by atomic mass is 9.84. The Balaban J connectivity index is 1.00. The molecule has 0 unspecified atom stereocenters. The first-order chi connectivity index (χ1) is 50.2. The van der Waals surface area contributed by atoms with Crippen LogP contribution < -0.4 is 0 Å². The number of fused-ring (bicyclic) bond motifs is 7. The molecule has 0 radical (unpaired) electrons. The van der Waals surface area contributed by atoms with E-state index in [1.807, 2.05) is 140 Å². The molecule has 5 heteroatoms. The van der Waals surface area contributed by atoms with E-state index in [4.69, 9.17) is 66.3 Å². The SMILES string of the molecule is C#Cc1cccc(-c2ccc(-c3cc(-c4ccc(-c5cccc(C#C)c5C#C)c(-c5cccc(C#C)c5C#C)c4)cc(-c4ccc5c(c4)c4ccc6c(c7ccccc7n6-c6ccccc6)c4n5-c4nc(-c5ccccc5)nc(-c5ccccc5)n4)c3)cc2-c2cccc(C#C)c2C#C)c1C#C. The first-order valence-electron chi connectivity index (χ1n) is 32.9. The molecule has 466 valence electrons. The van der Waals surface area contributed by atoms with Crippen molar-refractivity contribution in [2.45, 2.75) is 0 Å². The molecule has 0 bridgehead atoms. The Morgan fingerprint density at radius 1 is 0.235 bits per heavy atom. The molecule has 0 N–H and O–H groups in total. The average Bonchev–Trinajstić information content (AvgIpc) is 1.54. The molecular weight excluding hydrogens is 1240 g/mol. The van der Waals surface area contributed by atoms with Crippen LogP contribution in [0.25, 0.3) is 156 Å². The third-order valence-electron chi connectivity index (χ3n) is 19.1. The Labute approximate surface area is 592 Å². The average molecular weight is 1290 g/mol. The lowest BCUT2D eigenvalue weighted by Gasteiger charge is -2.19. The zero-order valence-electron chi connectivity index (χ0n) is 54.8. The fraction of sp³-hybridized carbons (Fsp3) is 0. The highest BCUT2D eigenvalue weighted by atomic mass is 15.2. The zero-order chi connectivity index (χ0) is 69.5. The second kappa shape index (κ2) is 25.8. The summed E-state index contributed by atoms with van der Waals surface area (Å²) in [6.07, 6.45) is 50.2. The van der Waals surface area contributed by atoms with Gasteiger partial charge in [0.2, 0.25) is 5.95 Å². The van der Waals surface area contributed by atoms with Gasteiger partial charge in [-0.2, -0.15) is 9.97 Å². The normalized spacial score (nSPS) is 10.9. The fourth-order valence-electron chi connectivity index (χ4n) is 14.4. The van der Waals surface area contributed by atoms with Gasteiger partial charge in [-0.3, -0.25) is 4.57 Å². The van der Waals surface area contributed by atoms with Gasteiger partial charge in [0.15, 0.2) is 11.6 Å². The van der Waals surface area contributed by atoms with Crippen molar-refractivity contribution in [1.82, 2.24) is 24.1 Å². The first-order valence-corrected chi connectivity index (χ1v) is 32.9. The van der Waals surface area contributed by atoms with Crippen molar-refractivity contribution < 1.29 is 0 Å². The molecule has 3 heterocycles. The van der Waals surface area contributed by atoms with Crippen LogP contribution in [0.15, 0.2) is 273 Å². The van der Waals surface area contributed by atoms with Gasteiger partial charge in [-0.15, -0.1) is 51.4 Å². The summed E-state index contributed by atoms with van der Waals surface area (Å²) in [6.45, 7) is 0. The van der Waals surface area contributed by atoms with Crippen LogP contribution in [0.3, 0.4) is 0 Å². The molecule has 0 spiro atoms. The second-order valence-electron chi connectivity index (χ2n) is 24.5. The topological polar surface area (TPSA) is 48.5 Å². The summed E-state index contributed by atoms with van der Waals surface area (Å²) in [6, 6.07) is 92.7. The molecule has 102 heavy (non-hydrogen) atoms. The van der Waals surface area contributed by atoms with Gasteiger partial charge in [0.25, 0.3) is 0 Å². The van der Waals surface area contributed by atoms with Gasteiger partial charge >= 0.3 is 0 Å². The van der Waals surface area contributed by atoms with Crippen LogP contribution in [0, 0.1) is 98.8 Å². The smallest absolute Gasteiger partial charge is 0.238 e. The summed E-state index contributed by atoms with van der Waals surface area (Å²) in [5, 5.41) is 4.07. The van der Waals surface area contributed by atoms with E-state index < -0.39 is 0 Å². The van der Waals surface area contributed by atoms with E-state index in [1.54, 1.807) is 0 Å². The van der Waals surface area contributed by atoms with Gasteiger partial charge in [0.1, 0.15) is 0 Å². The number of hydrogen-bond acceptors (Lipinski definition) is 3. The zero-order valence-corrected chi connectivity index (χ0v) is 54.8. The fourth-order valence-corrected chi connectivity index (χ4v) is 14.4. The van der Waals surface area contributed by atoms with E-state index in [9.17, 15) is 0 Å². The summed E-state index contributed by atoms with van der Waals surface area (Å²) in [5.41, 5.74) is 22.9. The van der Waals surface area contributed by atoms with Gasteiger partial charge in [-0.25, -0.2) is 4.98 Å². The minimum absolute atomic E-state index is 0.463. The highest BCUT2D eigenvalue weighted by Gasteiger charge is 2.26. The van der Waals surface area contributed by atoms with E-state index in [2.05, 4.69) is 190 Å². The molecule has 0 saturated carbocycles. The highest BCUT2D eigenvalue weighted by Crippen LogP contribution is 2.47. The van der Waals surface area contributed by atoms with Crippen molar-refractivity contribution in [2.24, 2.45) is 0 Å². The summed E-state index contributed by atoms with van der Waals surface area (Å²) in [5.74, 6) is 24.5. The van der Waals surface area contributed by atoms with E-state index in [1.165, 1.54) is 0 Å².